The number of hydrogen-bond donors (Lipinski definition) is 1. The van der Waals surface area contributed by atoms with Gasteiger partial charge >= 0.3 is 6.18 Å². The van der Waals surface area contributed by atoms with Crippen molar-refractivity contribution in [2.24, 2.45) is 0 Å². The smallest absolute Gasteiger partial charge is 0.434 e. The molecule has 2 aliphatic carbocycles. The van der Waals surface area contributed by atoms with E-state index in [-0.39, 0.29) is 11.9 Å². The monoisotopic (exact) mass is 571 g/mol. The predicted octanol–water partition coefficient (Wildman–Crippen LogP) is 8.07. The third-order valence-electron chi connectivity index (χ3n) is 8.16. The average Bonchev–Trinajstić information content (AvgIpc) is 3.51. The molecule has 0 saturated heterocycles. The van der Waals surface area contributed by atoms with Crippen molar-refractivity contribution in [3.8, 4) is 34.5 Å². The number of rotatable bonds is 8. The molecule has 42 heavy (non-hydrogen) atoms. The highest BCUT2D eigenvalue weighted by atomic mass is 19.4. The first-order valence-corrected chi connectivity index (χ1v) is 14.3. The lowest BCUT2D eigenvalue weighted by atomic mass is 9.93. The van der Waals surface area contributed by atoms with Crippen molar-refractivity contribution in [1.29, 1.82) is 5.26 Å². The van der Waals surface area contributed by atoms with E-state index in [1.165, 1.54) is 5.56 Å². The van der Waals surface area contributed by atoms with Crippen molar-refractivity contribution in [2.45, 2.75) is 70.6 Å². The Morgan fingerprint density at radius 3 is 2.45 bits per heavy atom. The Morgan fingerprint density at radius 2 is 1.81 bits per heavy atom. The van der Waals surface area contributed by atoms with Crippen molar-refractivity contribution in [2.75, 3.05) is 12.4 Å². The number of imidazole rings is 1. The van der Waals surface area contributed by atoms with Crippen LogP contribution in [0.3, 0.4) is 0 Å². The average molecular weight is 572 g/mol. The van der Waals surface area contributed by atoms with Crippen molar-refractivity contribution in [1.82, 2.24) is 14.5 Å². The summed E-state index contributed by atoms with van der Waals surface area (Å²) in [5.74, 6) is 2.22. The molecule has 9 heteroatoms. The van der Waals surface area contributed by atoms with Gasteiger partial charge in [0.15, 0.2) is 5.69 Å². The van der Waals surface area contributed by atoms with Crippen molar-refractivity contribution >= 4 is 5.82 Å². The maximum absolute atomic E-state index is 13.4. The summed E-state index contributed by atoms with van der Waals surface area (Å²) in [6, 6.07) is 15.7. The largest absolute Gasteiger partial charge is 0.496 e. The zero-order chi connectivity index (χ0) is 29.6. The van der Waals surface area contributed by atoms with Gasteiger partial charge in [-0.05, 0) is 80.2 Å². The number of fused-ring (bicyclic) bond motifs is 1. The van der Waals surface area contributed by atoms with E-state index >= 15 is 0 Å². The zero-order valence-corrected chi connectivity index (χ0v) is 23.8. The molecule has 0 amide bonds. The van der Waals surface area contributed by atoms with E-state index in [1.807, 2.05) is 38.1 Å². The van der Waals surface area contributed by atoms with E-state index in [4.69, 9.17) is 9.72 Å². The fourth-order valence-corrected chi connectivity index (χ4v) is 5.91. The summed E-state index contributed by atoms with van der Waals surface area (Å²) in [4.78, 5) is 8.97. The van der Waals surface area contributed by atoms with Crippen LogP contribution < -0.4 is 10.1 Å². The van der Waals surface area contributed by atoms with Gasteiger partial charge in [0.25, 0.3) is 0 Å². The highest BCUT2D eigenvalue weighted by Crippen LogP contribution is 2.49. The number of nitriles is 1. The summed E-state index contributed by atoms with van der Waals surface area (Å²) in [5.41, 5.74) is 6.17. The number of aromatic nitrogens is 3. The molecule has 0 unspecified atom stereocenters. The van der Waals surface area contributed by atoms with Gasteiger partial charge in [-0.15, -0.1) is 0 Å². The maximum atomic E-state index is 13.4. The number of ether oxygens (including phenoxy) is 1. The number of benzene rings is 2. The normalized spacial score (nSPS) is 14.6. The minimum absolute atomic E-state index is 0.174. The minimum Gasteiger partial charge on any atom is -0.496 e. The van der Waals surface area contributed by atoms with Gasteiger partial charge in [-0.1, -0.05) is 36.4 Å². The van der Waals surface area contributed by atoms with E-state index < -0.39 is 11.9 Å². The van der Waals surface area contributed by atoms with Crippen molar-refractivity contribution in [3.05, 3.63) is 82.2 Å². The minimum atomic E-state index is -4.50. The van der Waals surface area contributed by atoms with Crippen LogP contribution in [0, 0.1) is 11.3 Å². The molecule has 1 saturated carbocycles. The van der Waals surface area contributed by atoms with Gasteiger partial charge in [0, 0.05) is 29.9 Å². The molecule has 0 atom stereocenters. The van der Waals surface area contributed by atoms with Crippen LogP contribution in [-0.4, -0.2) is 21.6 Å². The standard InChI is InChI=1S/C33H32F3N5O/c1-19(2)41-18-28(33(34,35)36)39-32(41)22-12-10-20(11-13-22)17-38-31-25-8-4-7-24(25)26(16-37)30(40-31)29-23(21-14-15-21)6-5-9-27(29)42-3/h5-6,9-13,18-19,21H,4,7-8,14-15,17H2,1-3H3,(H,38,40). The van der Waals surface area contributed by atoms with Crippen LogP contribution in [0.5, 0.6) is 5.75 Å². The predicted molar refractivity (Wildman–Crippen MR) is 155 cm³/mol. The third kappa shape index (κ3) is 5.11. The van der Waals surface area contributed by atoms with Gasteiger partial charge in [0.2, 0.25) is 0 Å². The van der Waals surface area contributed by atoms with E-state index in [0.29, 0.717) is 29.3 Å². The van der Waals surface area contributed by atoms with Crippen LogP contribution in [0.1, 0.15) is 78.6 Å². The molecule has 0 aliphatic heterocycles. The quantitative estimate of drug-likeness (QED) is 0.231. The lowest BCUT2D eigenvalue weighted by molar-refractivity contribution is -0.140. The first-order valence-electron chi connectivity index (χ1n) is 14.3. The second kappa shape index (κ2) is 10.8. The van der Waals surface area contributed by atoms with Gasteiger partial charge in [-0.3, -0.25) is 0 Å². The van der Waals surface area contributed by atoms with E-state index in [1.54, 1.807) is 23.8 Å². The van der Waals surface area contributed by atoms with Gasteiger partial charge in [0.1, 0.15) is 23.5 Å². The first kappa shape index (κ1) is 27.8. The summed E-state index contributed by atoms with van der Waals surface area (Å²) in [7, 11) is 1.65. The summed E-state index contributed by atoms with van der Waals surface area (Å²) in [6.45, 7) is 4.14. The number of hydrogen-bond acceptors (Lipinski definition) is 5. The molecule has 4 aromatic rings. The number of alkyl halides is 3. The Balaban J connectivity index is 1.32. The zero-order valence-electron chi connectivity index (χ0n) is 23.8. The number of nitrogens with zero attached hydrogens (tertiary/aromatic N) is 4. The molecular formula is C33H32F3N5O. The Morgan fingerprint density at radius 1 is 1.07 bits per heavy atom. The summed E-state index contributed by atoms with van der Waals surface area (Å²) in [6.07, 6.45) is 1.43. The highest BCUT2D eigenvalue weighted by Gasteiger charge is 2.35. The highest BCUT2D eigenvalue weighted by molar-refractivity contribution is 5.80. The molecule has 1 N–H and O–H groups in total. The van der Waals surface area contributed by atoms with Crippen LogP contribution >= 0.6 is 0 Å². The number of anilines is 1. The van der Waals surface area contributed by atoms with Crippen LogP contribution in [0.4, 0.5) is 19.0 Å². The molecule has 2 aromatic heterocycles. The number of halogens is 3. The van der Waals surface area contributed by atoms with Crippen LogP contribution in [0.25, 0.3) is 22.6 Å². The fraction of sp³-hybridized carbons (Fsp3) is 0.364. The number of nitrogens with one attached hydrogen (secondary N) is 1. The molecule has 216 valence electrons. The van der Waals surface area contributed by atoms with Crippen molar-refractivity contribution in [3.63, 3.8) is 0 Å². The SMILES string of the molecule is COc1cccc(C2CC2)c1-c1nc(NCc2ccc(-c3nc(C(F)(F)F)cn3C(C)C)cc2)c2c(c1C#N)CCC2. The fourth-order valence-electron chi connectivity index (χ4n) is 5.91. The molecule has 2 aliphatic rings. The molecule has 2 heterocycles. The molecule has 0 bridgehead atoms. The Labute approximate surface area is 243 Å². The molecule has 0 radical (unpaired) electrons. The summed E-state index contributed by atoms with van der Waals surface area (Å²) in [5, 5.41) is 13.8. The molecule has 0 spiro atoms. The van der Waals surface area contributed by atoms with Gasteiger partial charge in [-0.25, -0.2) is 9.97 Å². The Kier molecular flexibility index (Phi) is 7.17. The topological polar surface area (TPSA) is 75.8 Å². The van der Waals surface area contributed by atoms with Crippen LogP contribution in [0.15, 0.2) is 48.7 Å². The first-order chi connectivity index (χ1) is 20.2. The molecule has 6 nitrogen and oxygen atoms in total. The molecule has 2 aromatic carbocycles. The van der Waals surface area contributed by atoms with E-state index in [0.717, 1.165) is 72.1 Å². The molecule has 1 fully saturated rings. The van der Waals surface area contributed by atoms with Gasteiger partial charge in [-0.2, -0.15) is 18.4 Å². The second-order valence-electron chi connectivity index (χ2n) is 11.3. The van der Waals surface area contributed by atoms with Gasteiger partial charge in [0.05, 0.1) is 18.4 Å². The Bertz CT molecular complexity index is 1680. The lowest BCUT2D eigenvalue weighted by Crippen LogP contribution is -2.09. The van der Waals surface area contributed by atoms with Gasteiger partial charge < -0.3 is 14.6 Å². The number of pyridine rings is 1. The summed E-state index contributed by atoms with van der Waals surface area (Å²) < 4.78 is 47.4. The lowest BCUT2D eigenvalue weighted by Gasteiger charge is -2.19. The Hall–Kier alpha value is -4.32. The summed E-state index contributed by atoms with van der Waals surface area (Å²) >= 11 is 0. The van der Waals surface area contributed by atoms with E-state index in [2.05, 4.69) is 22.4 Å². The van der Waals surface area contributed by atoms with Crippen LogP contribution in [-0.2, 0) is 25.6 Å². The molecular weight excluding hydrogens is 539 g/mol. The van der Waals surface area contributed by atoms with E-state index in [9.17, 15) is 18.4 Å². The maximum Gasteiger partial charge on any atom is 0.434 e. The molecule has 6 rings (SSSR count). The third-order valence-corrected chi connectivity index (χ3v) is 8.16. The van der Waals surface area contributed by atoms with Crippen LogP contribution in [0.2, 0.25) is 0 Å². The number of methoxy groups -OCH3 is 1. The van der Waals surface area contributed by atoms with Crippen molar-refractivity contribution < 1.29 is 17.9 Å². The second-order valence-corrected chi connectivity index (χ2v) is 11.3.